The van der Waals surface area contributed by atoms with Crippen molar-refractivity contribution in [1.29, 1.82) is 0 Å². The standard InChI is InChI=1S/3C14H14O4/c1-3-9-17-13(15)11-5-7-12(8-6-11)14(16)18-10-4-2;1-3-9-17-13(15)11-7-5-6-8-12(11)14(16)18-10-4-2;1-3-8-17-13(15)11-6-5-7-12(10-11)14(16)18-9-4-2/h2*3-8H,1-2,9-10H2;3-7,10H,1-2,8-9H2. The first kappa shape index (κ1) is 44.9. The zero-order chi connectivity index (χ0) is 40.1. The van der Waals surface area contributed by atoms with Crippen LogP contribution in [-0.4, -0.2) is 75.5 Å². The van der Waals surface area contributed by atoms with Gasteiger partial charge in [-0.25, -0.2) is 28.8 Å². The summed E-state index contributed by atoms with van der Waals surface area (Å²) in [5.74, 6) is -3.09. The number of ether oxygens (including phenoxy) is 6. The molecule has 282 valence electrons. The third-order valence-electron chi connectivity index (χ3n) is 6.05. The van der Waals surface area contributed by atoms with E-state index in [1.54, 1.807) is 30.3 Å². The van der Waals surface area contributed by atoms with Gasteiger partial charge in [-0.1, -0.05) is 94.1 Å². The first-order chi connectivity index (χ1) is 26.1. The molecule has 0 aliphatic rings. The van der Waals surface area contributed by atoms with Gasteiger partial charge in [-0.3, -0.25) is 0 Å². The molecule has 0 saturated heterocycles. The molecular formula is C42H42O12. The summed E-state index contributed by atoms with van der Waals surface area (Å²) in [7, 11) is 0. The van der Waals surface area contributed by atoms with E-state index in [0.717, 1.165) is 0 Å². The van der Waals surface area contributed by atoms with Crippen molar-refractivity contribution in [2.75, 3.05) is 39.6 Å². The SMILES string of the molecule is C=CCOC(=O)c1ccc(C(=O)OCC=C)cc1.C=CCOC(=O)c1cccc(C(=O)OCC=C)c1.C=CCOC(=O)c1ccccc1C(=O)OCC=C. The molecule has 0 heterocycles. The Morgan fingerprint density at radius 2 is 0.611 bits per heavy atom. The number of carbonyl (C=O) groups is 6. The minimum absolute atomic E-state index is 0.0921. The molecule has 0 aromatic heterocycles. The molecule has 3 rings (SSSR count). The normalized spacial score (nSPS) is 9.33. The topological polar surface area (TPSA) is 158 Å². The van der Waals surface area contributed by atoms with Crippen molar-refractivity contribution in [2.45, 2.75) is 0 Å². The molecule has 0 fully saturated rings. The fourth-order valence-electron chi connectivity index (χ4n) is 3.65. The van der Waals surface area contributed by atoms with Crippen molar-refractivity contribution in [3.63, 3.8) is 0 Å². The van der Waals surface area contributed by atoms with E-state index < -0.39 is 35.8 Å². The molecule has 0 amide bonds. The molecular weight excluding hydrogens is 696 g/mol. The van der Waals surface area contributed by atoms with Crippen LogP contribution >= 0.6 is 0 Å². The maximum atomic E-state index is 11.7. The van der Waals surface area contributed by atoms with E-state index >= 15 is 0 Å². The maximum absolute atomic E-state index is 11.7. The summed E-state index contributed by atoms with van der Waals surface area (Å²) in [6, 6.07) is 18.5. The van der Waals surface area contributed by atoms with Gasteiger partial charge in [0.2, 0.25) is 0 Å². The van der Waals surface area contributed by atoms with Crippen LogP contribution in [0.15, 0.2) is 149 Å². The van der Waals surface area contributed by atoms with Gasteiger partial charge in [0.1, 0.15) is 39.6 Å². The van der Waals surface area contributed by atoms with E-state index in [2.05, 4.69) is 39.5 Å². The van der Waals surface area contributed by atoms with Gasteiger partial charge in [0.25, 0.3) is 0 Å². The van der Waals surface area contributed by atoms with Crippen molar-refractivity contribution in [1.82, 2.24) is 0 Å². The van der Waals surface area contributed by atoms with Crippen LogP contribution in [0.5, 0.6) is 0 Å². The molecule has 0 bridgehead atoms. The second-order valence-corrected chi connectivity index (χ2v) is 10.0. The third kappa shape index (κ3) is 16.8. The minimum atomic E-state index is -0.582. The van der Waals surface area contributed by atoms with E-state index in [1.807, 2.05) is 0 Å². The van der Waals surface area contributed by atoms with Crippen molar-refractivity contribution >= 4 is 35.8 Å². The molecule has 3 aromatic carbocycles. The highest BCUT2D eigenvalue weighted by Gasteiger charge is 2.18. The van der Waals surface area contributed by atoms with Gasteiger partial charge in [0.15, 0.2) is 0 Å². The largest absolute Gasteiger partial charge is 0.458 e. The number of esters is 6. The summed E-state index contributed by atoms with van der Waals surface area (Å²) in [5.41, 5.74) is 1.69. The monoisotopic (exact) mass is 738 g/mol. The Hall–Kier alpha value is -7.08. The summed E-state index contributed by atoms with van der Waals surface area (Å²) >= 11 is 0. The summed E-state index contributed by atoms with van der Waals surface area (Å²) in [6.45, 7) is 21.4. The molecule has 12 nitrogen and oxygen atoms in total. The first-order valence-corrected chi connectivity index (χ1v) is 16.1. The van der Waals surface area contributed by atoms with Crippen molar-refractivity contribution in [3.05, 3.63) is 182 Å². The highest BCUT2D eigenvalue weighted by atomic mass is 16.6. The predicted molar refractivity (Wildman–Crippen MR) is 202 cm³/mol. The Balaban J connectivity index is 0.000000405. The van der Waals surface area contributed by atoms with Gasteiger partial charge in [0.05, 0.1) is 33.4 Å². The number of rotatable bonds is 18. The summed E-state index contributed by atoms with van der Waals surface area (Å²) in [4.78, 5) is 69.4. The Morgan fingerprint density at radius 3 is 0.889 bits per heavy atom. The summed E-state index contributed by atoms with van der Waals surface area (Å²) < 4.78 is 29.2. The van der Waals surface area contributed by atoms with E-state index in [0.29, 0.717) is 22.3 Å². The highest BCUT2D eigenvalue weighted by Crippen LogP contribution is 2.13. The molecule has 0 aliphatic carbocycles. The second kappa shape index (κ2) is 26.7. The average molecular weight is 739 g/mol. The molecule has 0 radical (unpaired) electrons. The third-order valence-corrected chi connectivity index (χ3v) is 6.05. The van der Waals surface area contributed by atoms with E-state index in [4.69, 9.17) is 28.4 Å². The summed E-state index contributed by atoms with van der Waals surface area (Å²) in [5, 5.41) is 0. The lowest BCUT2D eigenvalue weighted by molar-refractivity contribution is 0.0503. The van der Waals surface area contributed by atoms with Crippen LogP contribution in [0, 0.1) is 0 Å². The van der Waals surface area contributed by atoms with Crippen LogP contribution in [0.1, 0.15) is 62.1 Å². The Morgan fingerprint density at radius 1 is 0.352 bits per heavy atom. The van der Waals surface area contributed by atoms with Gasteiger partial charge in [-0.2, -0.15) is 0 Å². The van der Waals surface area contributed by atoms with Crippen LogP contribution in [0.3, 0.4) is 0 Å². The smallest absolute Gasteiger partial charge is 0.339 e. The lowest BCUT2D eigenvalue weighted by Gasteiger charge is -2.07. The zero-order valence-corrected chi connectivity index (χ0v) is 29.8. The molecule has 0 spiro atoms. The number of hydrogen-bond donors (Lipinski definition) is 0. The Labute approximate surface area is 314 Å². The molecule has 54 heavy (non-hydrogen) atoms. The lowest BCUT2D eigenvalue weighted by atomic mass is 10.1. The lowest BCUT2D eigenvalue weighted by Crippen LogP contribution is -2.14. The van der Waals surface area contributed by atoms with Gasteiger partial charge in [-0.15, -0.1) is 0 Å². The van der Waals surface area contributed by atoms with Gasteiger partial charge in [-0.05, 0) is 54.6 Å². The Kier molecular flexibility index (Phi) is 22.2. The fourth-order valence-corrected chi connectivity index (χ4v) is 3.65. The fraction of sp³-hybridized carbons (Fsp3) is 0.143. The number of benzene rings is 3. The average Bonchev–Trinajstić information content (AvgIpc) is 3.21. The molecule has 0 N–H and O–H groups in total. The number of carbonyl (C=O) groups excluding carboxylic acids is 6. The minimum Gasteiger partial charge on any atom is -0.458 e. The van der Waals surface area contributed by atoms with Gasteiger partial charge in [0, 0.05) is 0 Å². The van der Waals surface area contributed by atoms with Crippen molar-refractivity contribution in [3.8, 4) is 0 Å². The molecule has 0 unspecified atom stereocenters. The molecule has 0 atom stereocenters. The molecule has 0 saturated carbocycles. The van der Waals surface area contributed by atoms with Crippen molar-refractivity contribution in [2.24, 2.45) is 0 Å². The van der Waals surface area contributed by atoms with Gasteiger partial charge < -0.3 is 28.4 Å². The van der Waals surface area contributed by atoms with Crippen LogP contribution in [0.25, 0.3) is 0 Å². The Bertz CT molecular complexity index is 1660. The van der Waals surface area contributed by atoms with Crippen molar-refractivity contribution < 1.29 is 57.2 Å². The molecule has 0 aliphatic heterocycles. The number of hydrogen-bond acceptors (Lipinski definition) is 12. The second-order valence-electron chi connectivity index (χ2n) is 10.0. The van der Waals surface area contributed by atoms with Gasteiger partial charge >= 0.3 is 35.8 Å². The van der Waals surface area contributed by atoms with E-state index in [-0.39, 0.29) is 50.8 Å². The van der Waals surface area contributed by atoms with Crippen LogP contribution in [-0.2, 0) is 28.4 Å². The van der Waals surface area contributed by atoms with Crippen LogP contribution in [0.4, 0.5) is 0 Å². The molecule has 3 aromatic rings. The first-order valence-electron chi connectivity index (χ1n) is 16.1. The van der Waals surface area contributed by atoms with Crippen LogP contribution < -0.4 is 0 Å². The van der Waals surface area contributed by atoms with E-state index in [9.17, 15) is 28.8 Å². The highest BCUT2D eigenvalue weighted by molar-refractivity contribution is 6.03. The molecule has 12 heteroatoms. The summed E-state index contributed by atoms with van der Waals surface area (Å²) in [6.07, 6.45) is 8.82. The predicted octanol–water partition coefficient (Wildman–Crippen LogP) is 7.12. The van der Waals surface area contributed by atoms with Crippen LogP contribution in [0.2, 0.25) is 0 Å². The van der Waals surface area contributed by atoms with E-state index in [1.165, 1.54) is 78.9 Å². The quantitative estimate of drug-likeness (QED) is 0.0741. The zero-order valence-electron chi connectivity index (χ0n) is 29.8. The maximum Gasteiger partial charge on any atom is 0.339 e.